The molecule has 0 spiro atoms. The second kappa shape index (κ2) is 4.73. The Kier molecular flexibility index (Phi) is 2.92. The zero-order valence-corrected chi connectivity index (χ0v) is 10.3. The smallest absolute Gasteiger partial charge is 0.278 e. The summed E-state index contributed by atoms with van der Waals surface area (Å²) in [7, 11) is 0. The molecule has 0 aliphatic heterocycles. The van der Waals surface area contributed by atoms with E-state index in [9.17, 15) is 4.39 Å². The van der Waals surface area contributed by atoms with Gasteiger partial charge in [0.25, 0.3) is 5.19 Å². The molecule has 0 aliphatic carbocycles. The third kappa shape index (κ3) is 2.17. The standard InChI is InChI=1S/C11H8FN3O3S/c12-5-16-7-3-6(17-11-14-1-2-19-11)4-8-9(7)10(13)15-18-8/h1-4H,5H2,(H2,13,15). The molecule has 0 aliphatic rings. The highest BCUT2D eigenvalue weighted by atomic mass is 32.1. The van der Waals surface area contributed by atoms with Crippen molar-refractivity contribution in [2.45, 2.75) is 0 Å². The molecule has 0 amide bonds. The van der Waals surface area contributed by atoms with E-state index in [1.54, 1.807) is 17.6 Å². The molecule has 0 atom stereocenters. The highest BCUT2D eigenvalue weighted by Crippen LogP contribution is 2.36. The first-order valence-corrected chi connectivity index (χ1v) is 6.11. The Morgan fingerprint density at radius 3 is 3.05 bits per heavy atom. The van der Waals surface area contributed by atoms with Crippen molar-refractivity contribution in [3.05, 3.63) is 23.7 Å². The Labute approximate surface area is 110 Å². The predicted molar refractivity (Wildman–Crippen MR) is 67.2 cm³/mol. The van der Waals surface area contributed by atoms with Crippen LogP contribution in [0.1, 0.15) is 0 Å². The van der Waals surface area contributed by atoms with Gasteiger partial charge in [-0.15, -0.1) is 0 Å². The lowest BCUT2D eigenvalue weighted by Crippen LogP contribution is -1.94. The molecule has 0 bridgehead atoms. The predicted octanol–water partition coefficient (Wildman–Crippen LogP) is 2.96. The summed E-state index contributed by atoms with van der Waals surface area (Å²) < 4.78 is 27.8. The van der Waals surface area contributed by atoms with Gasteiger partial charge in [0.05, 0.1) is 0 Å². The number of fused-ring (bicyclic) bond motifs is 1. The van der Waals surface area contributed by atoms with Crippen molar-refractivity contribution in [1.82, 2.24) is 10.1 Å². The molecule has 3 rings (SSSR count). The highest BCUT2D eigenvalue weighted by Gasteiger charge is 2.15. The fourth-order valence-corrected chi connectivity index (χ4v) is 2.13. The van der Waals surface area contributed by atoms with Gasteiger partial charge in [0.1, 0.15) is 16.9 Å². The molecule has 0 saturated heterocycles. The van der Waals surface area contributed by atoms with Gasteiger partial charge in [-0.05, 0) is 0 Å². The van der Waals surface area contributed by atoms with Crippen LogP contribution in [-0.4, -0.2) is 17.0 Å². The summed E-state index contributed by atoms with van der Waals surface area (Å²) in [6, 6.07) is 3.10. The van der Waals surface area contributed by atoms with E-state index in [1.807, 2.05) is 0 Å². The van der Waals surface area contributed by atoms with Gasteiger partial charge in [-0.1, -0.05) is 16.5 Å². The molecule has 0 unspecified atom stereocenters. The normalized spacial score (nSPS) is 10.8. The van der Waals surface area contributed by atoms with Gasteiger partial charge < -0.3 is 19.7 Å². The molecule has 0 fully saturated rings. The number of benzene rings is 1. The molecule has 2 aromatic heterocycles. The van der Waals surface area contributed by atoms with E-state index in [-0.39, 0.29) is 11.6 Å². The van der Waals surface area contributed by atoms with Gasteiger partial charge in [0.15, 0.2) is 11.4 Å². The molecule has 3 aromatic rings. The van der Waals surface area contributed by atoms with E-state index in [0.717, 1.165) is 0 Å². The quantitative estimate of drug-likeness (QED) is 0.791. The molecule has 98 valence electrons. The van der Waals surface area contributed by atoms with E-state index in [4.69, 9.17) is 19.7 Å². The monoisotopic (exact) mass is 281 g/mol. The first-order valence-electron chi connectivity index (χ1n) is 5.23. The molecule has 0 radical (unpaired) electrons. The number of alkyl halides is 1. The number of nitrogens with two attached hydrogens (primary N) is 1. The van der Waals surface area contributed by atoms with E-state index >= 15 is 0 Å². The van der Waals surface area contributed by atoms with Crippen LogP contribution in [-0.2, 0) is 0 Å². The third-order valence-electron chi connectivity index (χ3n) is 2.36. The van der Waals surface area contributed by atoms with Crippen LogP contribution in [0.5, 0.6) is 16.7 Å². The number of anilines is 1. The molecular weight excluding hydrogens is 273 g/mol. The zero-order valence-electron chi connectivity index (χ0n) is 9.50. The lowest BCUT2D eigenvalue weighted by molar-refractivity contribution is 0.193. The topological polar surface area (TPSA) is 83.4 Å². The van der Waals surface area contributed by atoms with Crippen LogP contribution in [0.4, 0.5) is 10.2 Å². The van der Waals surface area contributed by atoms with Crippen LogP contribution < -0.4 is 15.2 Å². The Morgan fingerprint density at radius 2 is 2.32 bits per heavy atom. The summed E-state index contributed by atoms with van der Waals surface area (Å²) in [6.45, 7) is -0.986. The van der Waals surface area contributed by atoms with Crippen LogP contribution >= 0.6 is 11.3 Å². The largest absolute Gasteiger partial charge is 0.462 e. The van der Waals surface area contributed by atoms with Crippen molar-refractivity contribution in [2.75, 3.05) is 12.6 Å². The number of ether oxygens (including phenoxy) is 2. The van der Waals surface area contributed by atoms with Crippen molar-refractivity contribution in [2.24, 2.45) is 0 Å². The number of thiazole rings is 1. The SMILES string of the molecule is Nc1noc2cc(Oc3nccs3)cc(OCF)c12. The van der Waals surface area contributed by atoms with Crippen molar-refractivity contribution in [3.63, 3.8) is 0 Å². The zero-order chi connectivity index (χ0) is 13.2. The van der Waals surface area contributed by atoms with Crippen LogP contribution in [0, 0.1) is 0 Å². The molecule has 1 aromatic carbocycles. The van der Waals surface area contributed by atoms with Gasteiger partial charge in [0.2, 0.25) is 6.86 Å². The molecule has 0 saturated carbocycles. The van der Waals surface area contributed by atoms with Crippen LogP contribution in [0.25, 0.3) is 11.0 Å². The van der Waals surface area contributed by atoms with Gasteiger partial charge in [-0.3, -0.25) is 0 Å². The fraction of sp³-hybridized carbons (Fsp3) is 0.0909. The molecule has 2 N–H and O–H groups in total. The summed E-state index contributed by atoms with van der Waals surface area (Å²) >= 11 is 1.33. The minimum Gasteiger partial charge on any atom is -0.462 e. The Balaban J connectivity index is 2.06. The van der Waals surface area contributed by atoms with E-state index < -0.39 is 6.86 Å². The van der Waals surface area contributed by atoms with Crippen LogP contribution in [0.2, 0.25) is 0 Å². The highest BCUT2D eigenvalue weighted by molar-refractivity contribution is 7.11. The van der Waals surface area contributed by atoms with Gasteiger partial charge in [-0.25, -0.2) is 9.37 Å². The first kappa shape index (κ1) is 11.7. The molecular formula is C11H8FN3O3S. The number of hydrogen-bond acceptors (Lipinski definition) is 7. The number of nitrogen functional groups attached to an aromatic ring is 1. The van der Waals surface area contributed by atoms with E-state index in [1.165, 1.54) is 17.4 Å². The minimum atomic E-state index is -0.986. The maximum absolute atomic E-state index is 12.4. The Morgan fingerprint density at radius 1 is 1.42 bits per heavy atom. The van der Waals surface area contributed by atoms with Gasteiger partial charge in [-0.2, -0.15) is 0 Å². The van der Waals surface area contributed by atoms with E-state index in [2.05, 4.69) is 10.1 Å². The summed E-state index contributed by atoms with van der Waals surface area (Å²) in [4.78, 5) is 3.98. The Bertz CT molecular complexity index is 699. The molecule has 8 heteroatoms. The maximum Gasteiger partial charge on any atom is 0.278 e. The number of aromatic nitrogens is 2. The number of rotatable bonds is 4. The number of hydrogen-bond donors (Lipinski definition) is 1. The maximum atomic E-state index is 12.4. The molecule has 6 nitrogen and oxygen atoms in total. The lowest BCUT2D eigenvalue weighted by Gasteiger charge is -2.06. The average Bonchev–Trinajstić information content (AvgIpc) is 3.00. The Hall–Kier alpha value is -2.35. The summed E-state index contributed by atoms with van der Waals surface area (Å²) in [5.74, 6) is 0.756. The van der Waals surface area contributed by atoms with Crippen molar-refractivity contribution in [1.29, 1.82) is 0 Å². The van der Waals surface area contributed by atoms with Gasteiger partial charge in [0, 0.05) is 23.7 Å². The molecule has 2 heterocycles. The average molecular weight is 281 g/mol. The van der Waals surface area contributed by atoms with Crippen molar-refractivity contribution >= 4 is 28.1 Å². The summed E-state index contributed by atoms with van der Waals surface area (Å²) in [5.41, 5.74) is 5.99. The third-order valence-corrected chi connectivity index (χ3v) is 3.01. The summed E-state index contributed by atoms with van der Waals surface area (Å²) in [5, 5.41) is 6.26. The van der Waals surface area contributed by atoms with E-state index in [0.29, 0.717) is 21.9 Å². The van der Waals surface area contributed by atoms with Crippen LogP contribution in [0.15, 0.2) is 28.2 Å². The van der Waals surface area contributed by atoms with Crippen LogP contribution in [0.3, 0.4) is 0 Å². The van der Waals surface area contributed by atoms with Crippen molar-refractivity contribution < 1.29 is 18.4 Å². The fourth-order valence-electron chi connectivity index (χ4n) is 1.63. The lowest BCUT2D eigenvalue weighted by atomic mass is 10.2. The first-order chi connectivity index (χ1) is 9.28. The number of nitrogens with zero attached hydrogens (tertiary/aromatic N) is 2. The second-order valence-corrected chi connectivity index (χ2v) is 4.37. The van der Waals surface area contributed by atoms with Gasteiger partial charge >= 0.3 is 0 Å². The minimum absolute atomic E-state index is 0.138. The molecule has 19 heavy (non-hydrogen) atoms. The summed E-state index contributed by atoms with van der Waals surface area (Å²) in [6.07, 6.45) is 1.62. The van der Waals surface area contributed by atoms with Crippen molar-refractivity contribution in [3.8, 4) is 16.7 Å². The second-order valence-electron chi connectivity index (χ2n) is 3.52. The number of halogens is 1.